The van der Waals surface area contributed by atoms with Crippen LogP contribution in [0.5, 0.6) is 5.75 Å². The molecule has 1 aliphatic heterocycles. The highest BCUT2D eigenvalue weighted by atomic mass is 16.7. The lowest BCUT2D eigenvalue weighted by Gasteiger charge is -2.33. The van der Waals surface area contributed by atoms with E-state index in [0.717, 1.165) is 17.5 Å². The molecule has 1 heterocycles. The molecule has 0 saturated carbocycles. The molecule has 0 radical (unpaired) electrons. The minimum absolute atomic E-state index is 0.128. The van der Waals surface area contributed by atoms with Gasteiger partial charge in [-0.1, -0.05) is 55.5 Å². The highest BCUT2D eigenvalue weighted by Crippen LogP contribution is 2.41. The Bertz CT molecular complexity index is 930. The molecule has 2 aromatic rings. The summed E-state index contributed by atoms with van der Waals surface area (Å²) >= 11 is 0. The molecule has 0 aromatic heterocycles. The second-order valence-corrected chi connectivity index (χ2v) is 7.18. The van der Waals surface area contributed by atoms with E-state index in [9.17, 15) is 9.59 Å². The molecule has 3 rings (SSSR count). The molecule has 2 atom stereocenters. The molecule has 0 N–H and O–H groups in total. The number of ketones is 1. The van der Waals surface area contributed by atoms with E-state index in [1.807, 2.05) is 48.5 Å². The Morgan fingerprint density at radius 3 is 2.37 bits per heavy atom. The monoisotopic (exact) mass is 410 g/mol. The Kier molecular flexibility index (Phi) is 7.03. The summed E-state index contributed by atoms with van der Waals surface area (Å²) in [6.07, 6.45) is 0.969. The first-order chi connectivity index (χ1) is 14.5. The number of esters is 1. The third-order valence-corrected chi connectivity index (χ3v) is 5.17. The van der Waals surface area contributed by atoms with Gasteiger partial charge in [0.15, 0.2) is 0 Å². The first-order valence-corrected chi connectivity index (χ1v) is 9.73. The number of para-hydroxylation sites is 1. The van der Waals surface area contributed by atoms with Gasteiger partial charge in [0.2, 0.25) is 12.1 Å². The maximum Gasteiger partial charge on any atom is 0.341 e. The van der Waals surface area contributed by atoms with Crippen LogP contribution in [0.1, 0.15) is 29.7 Å². The van der Waals surface area contributed by atoms with Crippen LogP contribution in [-0.4, -0.2) is 39.4 Å². The summed E-state index contributed by atoms with van der Waals surface area (Å²) < 4.78 is 21.3. The van der Waals surface area contributed by atoms with Crippen molar-refractivity contribution < 1.29 is 28.5 Å². The minimum Gasteiger partial charge on any atom is -0.485 e. The van der Waals surface area contributed by atoms with Crippen LogP contribution in [0.3, 0.4) is 0 Å². The standard InChI is InChI=1S/C24H26O6/c1-15-13-17-11-8-12-18(22(17)30-21(15)16-9-6-5-7-10-16)14-19(23(26)27-2)20(25)24(28-3)29-4/h5-12,14-15,21,24H,13H2,1-4H3. The molecule has 0 saturated heterocycles. The van der Waals surface area contributed by atoms with Crippen molar-refractivity contribution in [3.05, 3.63) is 70.8 Å². The molecular weight excluding hydrogens is 384 g/mol. The second-order valence-electron chi connectivity index (χ2n) is 7.18. The number of ether oxygens (including phenoxy) is 4. The van der Waals surface area contributed by atoms with Crippen LogP contribution >= 0.6 is 0 Å². The van der Waals surface area contributed by atoms with Gasteiger partial charge in [0.05, 0.1) is 7.11 Å². The zero-order chi connectivity index (χ0) is 21.7. The summed E-state index contributed by atoms with van der Waals surface area (Å²) in [6, 6.07) is 15.7. The van der Waals surface area contributed by atoms with Crippen molar-refractivity contribution in [2.24, 2.45) is 5.92 Å². The fourth-order valence-corrected chi connectivity index (χ4v) is 3.69. The van der Waals surface area contributed by atoms with Crippen LogP contribution in [0.15, 0.2) is 54.1 Å². The van der Waals surface area contributed by atoms with Gasteiger partial charge in [-0.15, -0.1) is 0 Å². The van der Waals surface area contributed by atoms with Crippen molar-refractivity contribution in [3.63, 3.8) is 0 Å². The van der Waals surface area contributed by atoms with Crippen molar-refractivity contribution in [1.82, 2.24) is 0 Å². The molecule has 1 aliphatic rings. The van der Waals surface area contributed by atoms with Crippen molar-refractivity contribution in [2.75, 3.05) is 21.3 Å². The third-order valence-electron chi connectivity index (χ3n) is 5.17. The Labute approximate surface area is 176 Å². The fraction of sp³-hybridized carbons (Fsp3) is 0.333. The van der Waals surface area contributed by atoms with Gasteiger partial charge in [-0.3, -0.25) is 4.79 Å². The number of benzene rings is 2. The van der Waals surface area contributed by atoms with Crippen LogP contribution < -0.4 is 4.74 Å². The Hall–Kier alpha value is -2.96. The molecule has 0 bridgehead atoms. The van der Waals surface area contributed by atoms with E-state index < -0.39 is 18.0 Å². The molecule has 30 heavy (non-hydrogen) atoms. The summed E-state index contributed by atoms with van der Waals surface area (Å²) in [7, 11) is 3.89. The normalized spacial score (nSPS) is 18.5. The molecule has 2 aromatic carbocycles. The largest absolute Gasteiger partial charge is 0.485 e. The van der Waals surface area contributed by atoms with Gasteiger partial charge < -0.3 is 18.9 Å². The zero-order valence-corrected chi connectivity index (χ0v) is 17.6. The SMILES string of the molecule is COC(=O)C(=Cc1cccc2c1OC(c1ccccc1)C(C)C2)C(=O)C(OC)OC. The van der Waals surface area contributed by atoms with Gasteiger partial charge in [0.1, 0.15) is 17.4 Å². The number of hydrogen-bond donors (Lipinski definition) is 0. The van der Waals surface area contributed by atoms with E-state index in [0.29, 0.717) is 11.3 Å². The van der Waals surface area contributed by atoms with Gasteiger partial charge in [-0.05, 0) is 23.6 Å². The summed E-state index contributed by atoms with van der Waals surface area (Å²) in [4.78, 5) is 25.1. The van der Waals surface area contributed by atoms with Gasteiger partial charge in [0, 0.05) is 25.7 Å². The lowest BCUT2D eigenvalue weighted by molar-refractivity contribution is -0.155. The quantitative estimate of drug-likeness (QED) is 0.228. The van der Waals surface area contributed by atoms with Crippen LogP contribution in [0, 0.1) is 5.92 Å². The second kappa shape index (κ2) is 9.69. The van der Waals surface area contributed by atoms with E-state index in [-0.39, 0.29) is 17.6 Å². The molecule has 6 nitrogen and oxygen atoms in total. The highest BCUT2D eigenvalue weighted by Gasteiger charge is 2.31. The fourth-order valence-electron chi connectivity index (χ4n) is 3.69. The first kappa shape index (κ1) is 21.7. The molecule has 0 amide bonds. The Balaban J connectivity index is 2.04. The number of carbonyl (C=O) groups excluding carboxylic acids is 2. The lowest BCUT2D eigenvalue weighted by Crippen LogP contribution is -2.30. The number of carbonyl (C=O) groups is 2. The predicted octanol–water partition coefficient (Wildman–Crippen LogP) is 3.74. The van der Waals surface area contributed by atoms with Gasteiger partial charge in [-0.25, -0.2) is 4.79 Å². The first-order valence-electron chi connectivity index (χ1n) is 9.73. The maximum atomic E-state index is 12.8. The maximum absolute atomic E-state index is 12.8. The smallest absolute Gasteiger partial charge is 0.341 e. The van der Waals surface area contributed by atoms with E-state index >= 15 is 0 Å². The van der Waals surface area contributed by atoms with Gasteiger partial charge in [-0.2, -0.15) is 0 Å². The van der Waals surface area contributed by atoms with Crippen molar-refractivity contribution >= 4 is 17.8 Å². The molecule has 2 unspecified atom stereocenters. The molecular formula is C24H26O6. The number of fused-ring (bicyclic) bond motifs is 1. The molecule has 0 spiro atoms. The van der Waals surface area contributed by atoms with Crippen LogP contribution in [-0.2, 0) is 30.2 Å². The topological polar surface area (TPSA) is 71.1 Å². The van der Waals surface area contributed by atoms with E-state index in [4.69, 9.17) is 18.9 Å². The average Bonchev–Trinajstić information content (AvgIpc) is 2.77. The van der Waals surface area contributed by atoms with Crippen molar-refractivity contribution in [1.29, 1.82) is 0 Å². The van der Waals surface area contributed by atoms with Crippen LogP contribution in [0.4, 0.5) is 0 Å². The summed E-state index contributed by atoms with van der Waals surface area (Å²) in [5.74, 6) is -0.453. The number of rotatable bonds is 7. The van der Waals surface area contributed by atoms with Crippen molar-refractivity contribution in [2.45, 2.75) is 25.7 Å². The summed E-state index contributed by atoms with van der Waals surface area (Å²) in [6.45, 7) is 2.15. The van der Waals surface area contributed by atoms with Gasteiger partial charge in [0.25, 0.3) is 0 Å². The molecule has 0 aliphatic carbocycles. The minimum atomic E-state index is -1.20. The average molecular weight is 410 g/mol. The van der Waals surface area contributed by atoms with Gasteiger partial charge >= 0.3 is 5.97 Å². The number of methoxy groups -OCH3 is 3. The van der Waals surface area contributed by atoms with E-state index in [1.54, 1.807) is 0 Å². The Morgan fingerprint density at radius 2 is 1.73 bits per heavy atom. The molecule has 6 heteroatoms. The third kappa shape index (κ3) is 4.45. The summed E-state index contributed by atoms with van der Waals surface area (Å²) in [5.41, 5.74) is 2.56. The van der Waals surface area contributed by atoms with E-state index in [2.05, 4.69) is 6.92 Å². The molecule has 158 valence electrons. The van der Waals surface area contributed by atoms with Crippen molar-refractivity contribution in [3.8, 4) is 5.75 Å². The summed E-state index contributed by atoms with van der Waals surface area (Å²) in [5, 5.41) is 0. The zero-order valence-electron chi connectivity index (χ0n) is 17.6. The Morgan fingerprint density at radius 1 is 1.03 bits per heavy atom. The number of Topliss-reactive ketones (excluding diaryl/α,β-unsaturated/α-hetero) is 1. The van der Waals surface area contributed by atoms with Crippen LogP contribution in [0.2, 0.25) is 0 Å². The molecule has 0 fully saturated rings. The van der Waals surface area contributed by atoms with E-state index in [1.165, 1.54) is 27.4 Å². The lowest BCUT2D eigenvalue weighted by atomic mass is 9.87. The highest BCUT2D eigenvalue weighted by molar-refractivity contribution is 6.21. The number of hydrogen-bond acceptors (Lipinski definition) is 6. The predicted molar refractivity (Wildman–Crippen MR) is 112 cm³/mol. The van der Waals surface area contributed by atoms with Crippen LogP contribution in [0.25, 0.3) is 6.08 Å².